The van der Waals surface area contributed by atoms with Crippen molar-refractivity contribution in [3.8, 4) is 0 Å². The molecule has 2 aromatic heterocycles. The second-order valence-electron chi connectivity index (χ2n) is 5.05. The van der Waals surface area contributed by atoms with Crippen molar-refractivity contribution in [2.45, 2.75) is 33.1 Å². The normalized spacial score (nSPS) is 10.8. The van der Waals surface area contributed by atoms with Crippen LogP contribution in [0.15, 0.2) is 24.4 Å². The van der Waals surface area contributed by atoms with Crippen LogP contribution in [0.4, 0.5) is 5.82 Å². The van der Waals surface area contributed by atoms with Crippen LogP contribution in [0.2, 0.25) is 0 Å². The molecule has 1 amide bonds. The summed E-state index contributed by atoms with van der Waals surface area (Å²) in [5, 5.41) is 7.09. The van der Waals surface area contributed by atoms with Crippen molar-refractivity contribution in [1.29, 1.82) is 0 Å². The molecule has 2 rings (SSSR count). The lowest BCUT2D eigenvalue weighted by atomic mass is 10.1. The van der Waals surface area contributed by atoms with Crippen LogP contribution in [0.1, 0.15) is 48.4 Å². The lowest BCUT2D eigenvalue weighted by Crippen LogP contribution is -2.15. The van der Waals surface area contributed by atoms with E-state index in [9.17, 15) is 4.79 Å². The van der Waals surface area contributed by atoms with E-state index >= 15 is 0 Å². The first kappa shape index (κ1) is 14.2. The van der Waals surface area contributed by atoms with Gasteiger partial charge < -0.3 is 5.32 Å². The molecule has 0 aliphatic heterocycles. The lowest BCUT2D eigenvalue weighted by molar-refractivity contribution is 0.102. The standard InChI is InChI=1S/C15H20N4O/c1-5-11-7-6-8-16-14(11)17-15(20)12-9-13(10(2)3)19(4)18-12/h6-10H,5H2,1-4H3,(H,16,17,20). The molecule has 2 heterocycles. The molecule has 0 radical (unpaired) electrons. The molecule has 0 aliphatic carbocycles. The van der Waals surface area contributed by atoms with Gasteiger partial charge in [0.15, 0.2) is 5.69 Å². The van der Waals surface area contributed by atoms with Crippen molar-refractivity contribution in [2.75, 3.05) is 5.32 Å². The van der Waals surface area contributed by atoms with E-state index < -0.39 is 0 Å². The molecule has 0 aromatic carbocycles. The summed E-state index contributed by atoms with van der Waals surface area (Å²) in [6.07, 6.45) is 2.50. The summed E-state index contributed by atoms with van der Waals surface area (Å²) >= 11 is 0. The molecule has 0 aliphatic rings. The molecule has 106 valence electrons. The molecule has 20 heavy (non-hydrogen) atoms. The van der Waals surface area contributed by atoms with Crippen molar-refractivity contribution in [3.63, 3.8) is 0 Å². The van der Waals surface area contributed by atoms with Crippen molar-refractivity contribution < 1.29 is 4.79 Å². The van der Waals surface area contributed by atoms with Gasteiger partial charge >= 0.3 is 0 Å². The predicted octanol–water partition coefficient (Wildman–Crippen LogP) is 2.75. The Balaban J connectivity index is 2.22. The van der Waals surface area contributed by atoms with E-state index in [2.05, 4.69) is 29.2 Å². The third-order valence-electron chi connectivity index (χ3n) is 3.24. The van der Waals surface area contributed by atoms with Gasteiger partial charge in [0.2, 0.25) is 0 Å². The highest BCUT2D eigenvalue weighted by molar-refractivity contribution is 6.02. The first-order chi connectivity index (χ1) is 9.52. The lowest BCUT2D eigenvalue weighted by Gasteiger charge is -2.06. The maximum Gasteiger partial charge on any atom is 0.277 e. The molecular formula is C15H20N4O. The summed E-state index contributed by atoms with van der Waals surface area (Å²) in [7, 11) is 1.85. The highest BCUT2D eigenvalue weighted by Crippen LogP contribution is 2.17. The van der Waals surface area contributed by atoms with Gasteiger partial charge in [-0.15, -0.1) is 0 Å². The third-order valence-corrected chi connectivity index (χ3v) is 3.24. The first-order valence-electron chi connectivity index (χ1n) is 6.82. The van der Waals surface area contributed by atoms with E-state index in [0.717, 1.165) is 17.7 Å². The first-order valence-corrected chi connectivity index (χ1v) is 6.82. The van der Waals surface area contributed by atoms with E-state index in [1.54, 1.807) is 10.9 Å². The molecule has 0 bridgehead atoms. The van der Waals surface area contributed by atoms with Crippen LogP contribution in [0.25, 0.3) is 0 Å². The van der Waals surface area contributed by atoms with Gasteiger partial charge in [-0.2, -0.15) is 5.10 Å². The van der Waals surface area contributed by atoms with Crippen LogP contribution >= 0.6 is 0 Å². The maximum absolute atomic E-state index is 12.2. The van der Waals surface area contributed by atoms with Crippen LogP contribution in [0.5, 0.6) is 0 Å². The fourth-order valence-corrected chi connectivity index (χ4v) is 2.14. The zero-order chi connectivity index (χ0) is 14.7. The minimum absolute atomic E-state index is 0.221. The van der Waals surface area contributed by atoms with Crippen molar-refractivity contribution >= 4 is 11.7 Å². The highest BCUT2D eigenvalue weighted by atomic mass is 16.2. The largest absolute Gasteiger partial charge is 0.305 e. The smallest absolute Gasteiger partial charge is 0.277 e. The molecule has 0 unspecified atom stereocenters. The molecule has 0 fully saturated rings. The number of carbonyl (C=O) groups is 1. The molecule has 2 aromatic rings. The Morgan fingerprint density at radius 1 is 1.45 bits per heavy atom. The van der Waals surface area contributed by atoms with Crippen molar-refractivity contribution in [2.24, 2.45) is 7.05 Å². The van der Waals surface area contributed by atoms with Gasteiger partial charge in [0.05, 0.1) is 0 Å². The minimum atomic E-state index is -0.221. The molecule has 0 spiro atoms. The van der Waals surface area contributed by atoms with E-state index in [1.807, 2.05) is 32.2 Å². The second kappa shape index (κ2) is 5.86. The predicted molar refractivity (Wildman–Crippen MR) is 78.9 cm³/mol. The average Bonchev–Trinajstić information content (AvgIpc) is 2.81. The molecule has 5 nitrogen and oxygen atoms in total. The molecule has 0 saturated carbocycles. The van der Waals surface area contributed by atoms with Gasteiger partial charge in [-0.25, -0.2) is 4.98 Å². The van der Waals surface area contributed by atoms with E-state index in [0.29, 0.717) is 17.4 Å². The van der Waals surface area contributed by atoms with Gasteiger partial charge in [-0.3, -0.25) is 9.48 Å². The number of nitrogens with one attached hydrogen (secondary N) is 1. The number of aryl methyl sites for hydroxylation is 2. The van der Waals surface area contributed by atoms with E-state index in [1.165, 1.54) is 0 Å². The number of pyridine rings is 1. The Bertz CT molecular complexity index is 616. The summed E-state index contributed by atoms with van der Waals surface area (Å²) < 4.78 is 1.75. The van der Waals surface area contributed by atoms with Crippen molar-refractivity contribution in [1.82, 2.24) is 14.8 Å². The van der Waals surface area contributed by atoms with Gasteiger partial charge in [-0.1, -0.05) is 26.8 Å². The van der Waals surface area contributed by atoms with Crippen LogP contribution in [-0.4, -0.2) is 20.7 Å². The van der Waals surface area contributed by atoms with Crippen LogP contribution in [-0.2, 0) is 13.5 Å². The number of amides is 1. The third kappa shape index (κ3) is 2.87. The Hall–Kier alpha value is -2.17. The van der Waals surface area contributed by atoms with Crippen LogP contribution < -0.4 is 5.32 Å². The molecule has 0 atom stereocenters. The number of rotatable bonds is 4. The Labute approximate surface area is 119 Å². The Kier molecular flexibility index (Phi) is 4.17. The van der Waals surface area contributed by atoms with Gasteiger partial charge in [0.1, 0.15) is 5.82 Å². The minimum Gasteiger partial charge on any atom is -0.305 e. The number of nitrogens with zero attached hydrogens (tertiary/aromatic N) is 3. The Morgan fingerprint density at radius 2 is 2.20 bits per heavy atom. The Morgan fingerprint density at radius 3 is 2.80 bits per heavy atom. The molecule has 5 heteroatoms. The average molecular weight is 272 g/mol. The summed E-state index contributed by atoms with van der Waals surface area (Å²) in [5.41, 5.74) is 2.47. The molecule has 1 N–H and O–H groups in total. The fourth-order valence-electron chi connectivity index (χ4n) is 2.14. The topological polar surface area (TPSA) is 59.8 Å². The fraction of sp³-hybridized carbons (Fsp3) is 0.400. The summed E-state index contributed by atoms with van der Waals surface area (Å²) in [5.74, 6) is 0.716. The van der Waals surface area contributed by atoms with Crippen LogP contribution in [0, 0.1) is 0 Å². The molecular weight excluding hydrogens is 252 g/mol. The van der Waals surface area contributed by atoms with Gasteiger partial charge in [0.25, 0.3) is 5.91 Å². The number of carbonyl (C=O) groups excluding carboxylic acids is 1. The number of aromatic nitrogens is 3. The van der Waals surface area contributed by atoms with E-state index in [4.69, 9.17) is 0 Å². The zero-order valence-electron chi connectivity index (χ0n) is 12.3. The van der Waals surface area contributed by atoms with Crippen molar-refractivity contribution in [3.05, 3.63) is 41.3 Å². The highest BCUT2D eigenvalue weighted by Gasteiger charge is 2.16. The SMILES string of the molecule is CCc1cccnc1NC(=O)c1cc(C(C)C)n(C)n1. The van der Waals surface area contributed by atoms with Crippen LogP contribution in [0.3, 0.4) is 0 Å². The number of hydrogen-bond donors (Lipinski definition) is 1. The van der Waals surface area contributed by atoms with Gasteiger partial charge in [0, 0.05) is 18.9 Å². The summed E-state index contributed by atoms with van der Waals surface area (Å²) in [6.45, 7) is 6.18. The maximum atomic E-state index is 12.2. The monoisotopic (exact) mass is 272 g/mol. The van der Waals surface area contributed by atoms with E-state index in [-0.39, 0.29) is 5.91 Å². The quantitative estimate of drug-likeness (QED) is 0.931. The summed E-state index contributed by atoms with van der Waals surface area (Å²) in [4.78, 5) is 16.5. The number of anilines is 1. The molecule has 0 saturated heterocycles. The van der Waals surface area contributed by atoms with Gasteiger partial charge in [-0.05, 0) is 30.0 Å². The number of hydrogen-bond acceptors (Lipinski definition) is 3. The summed E-state index contributed by atoms with van der Waals surface area (Å²) in [6, 6.07) is 5.65. The zero-order valence-corrected chi connectivity index (χ0v) is 12.3. The second-order valence-corrected chi connectivity index (χ2v) is 5.05.